The topological polar surface area (TPSA) is 97.0 Å². The van der Waals surface area contributed by atoms with Crippen molar-refractivity contribution >= 4 is 39.3 Å². The Morgan fingerprint density at radius 3 is 0.798 bits per heavy atom. The number of hydrogen-bond donors (Lipinski definition) is 2. The lowest BCUT2D eigenvalue weighted by Crippen LogP contribution is -2.44. The Bertz CT molecular complexity index is 2430. The number of carbonyl (C=O) groups is 1. The van der Waals surface area contributed by atoms with Crippen molar-refractivity contribution in [3.05, 3.63) is 0 Å². The zero-order valence-electron chi connectivity index (χ0n) is 88.2. The van der Waals surface area contributed by atoms with Crippen molar-refractivity contribution < 1.29 is 22.7 Å². The number of piperidine rings is 2. The molecule has 2 aliphatic carbocycles. The van der Waals surface area contributed by atoms with Crippen LogP contribution in [0.4, 0.5) is 0 Å². The fourth-order valence-corrected chi connectivity index (χ4v) is 31.4. The number of nitrogens with zero attached hydrogens (tertiary/aromatic N) is 1. The van der Waals surface area contributed by atoms with Crippen LogP contribution in [0, 0.1) is 173 Å². The minimum Gasteiger partial charge on any atom is -0.381 e. The molecule has 2 saturated carbocycles. The minimum atomic E-state index is -2.74. The third-order valence-electron chi connectivity index (χ3n) is 37.1. The van der Waals surface area contributed by atoms with Gasteiger partial charge >= 0.3 is 0 Å². The maximum Gasteiger partial charge on any atom is 0.220 e. The minimum absolute atomic E-state index is 0.0405. The molecule has 0 radical (unpaired) electrons. The van der Waals surface area contributed by atoms with Gasteiger partial charge in [-0.05, 0) is 314 Å². The number of ether oxygens (including phenoxy) is 2. The molecule has 8 heterocycles. The van der Waals surface area contributed by atoms with E-state index in [0.717, 1.165) is 134 Å². The number of hydrogen-bond acceptors (Lipinski definition) is 9. The lowest BCUT2D eigenvalue weighted by atomic mass is 9.61. The van der Waals surface area contributed by atoms with Crippen molar-refractivity contribution in [2.24, 2.45) is 173 Å². The second-order valence-corrected chi connectivity index (χ2v) is 51.8. The molecule has 0 aromatic carbocycles. The van der Waals surface area contributed by atoms with Gasteiger partial charge in [0.25, 0.3) is 0 Å². The average molecular weight is 1730 g/mol. The van der Waals surface area contributed by atoms with E-state index in [9.17, 15) is 13.2 Å². The van der Waals surface area contributed by atoms with Crippen molar-refractivity contribution in [1.29, 1.82) is 0 Å². The van der Waals surface area contributed by atoms with Crippen molar-refractivity contribution in [3.8, 4) is 0 Å². The first-order valence-electron chi connectivity index (χ1n) is 51.1. The molecule has 712 valence electrons. The van der Waals surface area contributed by atoms with E-state index >= 15 is 0 Å². The molecule has 10 aliphatic rings. The summed E-state index contributed by atoms with van der Waals surface area (Å²) in [5.41, 5.74) is 5.18. The highest BCUT2D eigenvalue weighted by Gasteiger charge is 2.49. The first-order chi connectivity index (χ1) is 54.9. The van der Waals surface area contributed by atoms with Crippen molar-refractivity contribution in [2.45, 2.75) is 412 Å². The zero-order valence-corrected chi connectivity index (χ0v) is 90.7. The fourth-order valence-electron chi connectivity index (χ4n) is 25.4. The molecule has 0 aromatic rings. The van der Waals surface area contributed by atoms with Gasteiger partial charge in [-0.1, -0.05) is 309 Å². The van der Waals surface area contributed by atoms with Crippen molar-refractivity contribution in [1.82, 2.24) is 15.5 Å². The Labute approximate surface area is 757 Å². The number of rotatable bonds is 20. The van der Waals surface area contributed by atoms with Gasteiger partial charge in [0.2, 0.25) is 5.91 Å². The number of carbonyl (C=O) groups excluding carboxylic acids is 1. The molecule has 0 aromatic heterocycles. The molecule has 0 unspecified atom stereocenters. The lowest BCUT2D eigenvalue weighted by Gasteiger charge is -2.47. The Kier molecular flexibility index (Phi) is 52.4. The smallest absolute Gasteiger partial charge is 0.220 e. The van der Waals surface area contributed by atoms with E-state index in [-0.39, 0.29) is 16.7 Å². The predicted molar refractivity (Wildman–Crippen MR) is 536 cm³/mol. The van der Waals surface area contributed by atoms with Crippen LogP contribution in [-0.2, 0) is 24.1 Å². The summed E-state index contributed by atoms with van der Waals surface area (Å²) in [4.78, 5) is 13.6. The molecule has 10 rings (SSSR count). The van der Waals surface area contributed by atoms with Crippen LogP contribution >= 0.6 is 23.5 Å². The Balaban J connectivity index is 0.000000661. The van der Waals surface area contributed by atoms with Gasteiger partial charge in [-0.25, -0.2) is 8.42 Å². The normalized spacial score (nSPS) is 23.7. The molecule has 1 amide bonds. The summed E-state index contributed by atoms with van der Waals surface area (Å²) in [6, 6.07) is 0. The van der Waals surface area contributed by atoms with Gasteiger partial charge in [-0.3, -0.25) is 4.79 Å². The van der Waals surface area contributed by atoms with E-state index in [0.29, 0.717) is 84.9 Å². The van der Waals surface area contributed by atoms with Crippen LogP contribution in [0.15, 0.2) is 0 Å². The van der Waals surface area contributed by atoms with Gasteiger partial charge < -0.3 is 25.0 Å². The number of likely N-dealkylation sites (tertiary alicyclic amines) is 1. The Morgan fingerprint density at radius 1 is 0.303 bits per heavy atom. The SMILES string of the molecule is CC(C)C1(C(C)C)CCCC1.CC(C)C1(C(C)C)CCCCC1.CC(C)C1(C(C)C)CCCSC1.CC(C)C1(C(C)C)CCN(C)CC1.CC(C)C1(C(C)C)CCNCC1.CC(C)C1(C(C)C)CCOC1.CC(C)C1(C(C)C)CCOCC1.CC(C)C1(C(C)C)CCS(=O)(=O)C1.CC(C)C1(C(C)C)CCSC1.CC(C)C1(C(C)C)CNC(=O)C1. The van der Waals surface area contributed by atoms with Crippen LogP contribution < -0.4 is 10.6 Å². The summed E-state index contributed by atoms with van der Waals surface area (Å²) >= 11 is 4.30. The first-order valence-corrected chi connectivity index (χ1v) is 55.2. The molecule has 0 atom stereocenters. The molecule has 8 saturated heterocycles. The summed E-state index contributed by atoms with van der Waals surface area (Å²) in [7, 11) is -0.503. The Morgan fingerprint density at radius 2 is 0.588 bits per heavy atom. The van der Waals surface area contributed by atoms with Crippen LogP contribution in [0.1, 0.15) is 412 Å². The van der Waals surface area contributed by atoms with Gasteiger partial charge in [0.05, 0.1) is 18.1 Å². The highest BCUT2D eigenvalue weighted by atomic mass is 32.2. The van der Waals surface area contributed by atoms with Crippen LogP contribution in [-0.4, -0.2) is 120 Å². The van der Waals surface area contributed by atoms with E-state index < -0.39 is 9.84 Å². The molecular formula is C108H217N3O5S3. The summed E-state index contributed by atoms with van der Waals surface area (Å²) < 4.78 is 33.8. The van der Waals surface area contributed by atoms with Crippen molar-refractivity contribution in [3.63, 3.8) is 0 Å². The number of thioether (sulfide) groups is 2. The molecule has 0 spiro atoms. The number of sulfone groups is 1. The van der Waals surface area contributed by atoms with E-state index in [1.807, 2.05) is 0 Å². The van der Waals surface area contributed by atoms with Crippen LogP contribution in [0.5, 0.6) is 0 Å². The summed E-state index contributed by atoms with van der Waals surface area (Å²) in [5.74, 6) is 22.0. The molecule has 2 N–H and O–H groups in total. The molecule has 8 nitrogen and oxygen atoms in total. The monoisotopic (exact) mass is 1730 g/mol. The third kappa shape index (κ3) is 31.9. The maximum absolute atomic E-state index is 11.5. The highest BCUT2D eigenvalue weighted by molar-refractivity contribution is 7.99. The molecule has 8 aliphatic heterocycles. The summed E-state index contributed by atoms with van der Waals surface area (Å²) in [5, 5.41) is 6.38. The van der Waals surface area contributed by atoms with Gasteiger partial charge in [-0.15, -0.1) is 0 Å². The second kappa shape index (κ2) is 53.3. The van der Waals surface area contributed by atoms with Gasteiger partial charge in [0.1, 0.15) is 0 Å². The average Bonchev–Trinajstić information content (AvgIpc) is 1.51. The quantitative estimate of drug-likeness (QED) is 0.124. The van der Waals surface area contributed by atoms with Crippen molar-refractivity contribution in [2.75, 3.05) is 101 Å². The zero-order chi connectivity index (χ0) is 91.9. The van der Waals surface area contributed by atoms with Crippen LogP contribution in [0.3, 0.4) is 0 Å². The molecule has 0 bridgehead atoms. The largest absolute Gasteiger partial charge is 0.381 e. The van der Waals surface area contributed by atoms with E-state index in [2.05, 4.69) is 323 Å². The van der Waals surface area contributed by atoms with E-state index in [4.69, 9.17) is 9.47 Å². The highest BCUT2D eigenvalue weighted by Crippen LogP contribution is 2.54. The number of nitrogens with one attached hydrogen (secondary N) is 2. The molecule has 119 heavy (non-hydrogen) atoms. The molecule has 11 heteroatoms. The van der Waals surface area contributed by atoms with Crippen LogP contribution in [0.25, 0.3) is 0 Å². The third-order valence-corrected chi connectivity index (χ3v) is 41.5. The second-order valence-electron chi connectivity index (χ2n) is 47.4. The summed E-state index contributed by atoms with van der Waals surface area (Å²) in [6.07, 6.45) is 28.4. The predicted octanol–water partition coefficient (Wildman–Crippen LogP) is 30.7. The first kappa shape index (κ1) is 117. The van der Waals surface area contributed by atoms with Gasteiger partial charge in [0, 0.05) is 43.6 Å². The van der Waals surface area contributed by atoms with Gasteiger partial charge in [0.15, 0.2) is 9.84 Å². The van der Waals surface area contributed by atoms with E-state index in [1.165, 1.54) is 171 Å². The molecular weight excluding hydrogens is 1520 g/mol. The number of amides is 1. The standard InChI is InChI=1S/C12H25N.C12H24.C11H23N.C11H22O.C11H22S.C11H22.C10H19NO.C10H20O2S.C10H20O.C10H20S/c1-10(2)12(11(3)4)6-8-13(5)9-7-12;1-10(2)12(11(3)4)8-6-5-7-9-12;2*1-9(2)11(10(3)4)5-7-12-8-6-11;1-9(2)11(10(3)4)6-5-7-12-8-11;1-9(2)11(10(3)4)7-5-6-8-11;1-7(2)10(8(3)4)5-9(12)11-6-10;1-8(2)10(9(3)4)5-6-13(11,12)7-10;2*1-8(2)10(9(3)4)5-6-11-7-10/h10-11H,6-9H2,1-5H3;10-11H,5-9H2,1-4H3;9-10,12H,5-8H2,1-4H3;2*9-10H,5-8H2,1-4H3;9-10H,5-8H2,1-4H3;7-8H,5-6H2,1-4H3,(H,11,12);8-9H,5-7H2,1-4H3;2*8-9H,5-7H2,1-4H3. The summed E-state index contributed by atoms with van der Waals surface area (Å²) in [6.45, 7) is 103. The van der Waals surface area contributed by atoms with Crippen LogP contribution in [0.2, 0.25) is 0 Å². The lowest BCUT2D eigenvalue weighted by molar-refractivity contribution is -0.120. The fraction of sp³-hybridized carbons (Fsp3) is 0.991. The molecule has 10 fully saturated rings. The maximum atomic E-state index is 11.5. The van der Waals surface area contributed by atoms with Gasteiger partial charge in [-0.2, -0.15) is 23.5 Å². The van der Waals surface area contributed by atoms with E-state index in [1.54, 1.807) is 0 Å². The Hall–Kier alpha value is -0.0400.